The molecule has 1 amide bonds. The number of likely N-dealkylation sites (tertiary alicyclic amines) is 1. The Hall–Kier alpha value is -2.24. The first kappa shape index (κ1) is 21.5. The zero-order chi connectivity index (χ0) is 20.5. The third kappa shape index (κ3) is 6.38. The summed E-state index contributed by atoms with van der Waals surface area (Å²) in [6, 6.07) is 8.29. The summed E-state index contributed by atoms with van der Waals surface area (Å²) in [6.07, 6.45) is 7.89. The number of aliphatic imine (C=N–C) groups is 1. The van der Waals surface area contributed by atoms with E-state index in [2.05, 4.69) is 40.7 Å². The number of guanidine groups is 1. The molecule has 0 unspecified atom stereocenters. The van der Waals surface area contributed by atoms with Gasteiger partial charge in [0.25, 0.3) is 0 Å². The summed E-state index contributed by atoms with van der Waals surface area (Å²) in [5, 5.41) is 6.17. The Labute approximate surface area is 175 Å². The number of rotatable bonds is 7. The van der Waals surface area contributed by atoms with Gasteiger partial charge in [0.1, 0.15) is 5.75 Å². The SMILES string of the molecule is CCNC(=NCc1ccccc1OC1CCCC1)N1CCC(CC(=O)NC)CC1. The lowest BCUT2D eigenvalue weighted by Gasteiger charge is -2.34. The van der Waals surface area contributed by atoms with Crippen molar-refractivity contribution in [3.63, 3.8) is 0 Å². The maximum absolute atomic E-state index is 11.6. The Kier molecular flexibility index (Phi) is 8.20. The van der Waals surface area contributed by atoms with Crippen LogP contribution < -0.4 is 15.4 Å². The van der Waals surface area contributed by atoms with Gasteiger partial charge in [0.05, 0.1) is 12.6 Å². The van der Waals surface area contributed by atoms with Gasteiger partial charge in [0.2, 0.25) is 5.91 Å². The highest BCUT2D eigenvalue weighted by Gasteiger charge is 2.23. The number of hydrogen-bond acceptors (Lipinski definition) is 3. The van der Waals surface area contributed by atoms with Crippen LogP contribution in [0.1, 0.15) is 57.4 Å². The molecular weight excluding hydrogens is 364 g/mol. The van der Waals surface area contributed by atoms with Crippen LogP contribution in [0.5, 0.6) is 5.75 Å². The van der Waals surface area contributed by atoms with Crippen LogP contribution in [0.3, 0.4) is 0 Å². The fraction of sp³-hybridized carbons (Fsp3) is 0.652. The molecule has 6 heteroatoms. The molecule has 29 heavy (non-hydrogen) atoms. The van der Waals surface area contributed by atoms with E-state index >= 15 is 0 Å². The van der Waals surface area contributed by atoms with E-state index in [9.17, 15) is 4.79 Å². The quantitative estimate of drug-likeness (QED) is 0.544. The van der Waals surface area contributed by atoms with E-state index in [1.54, 1.807) is 7.05 Å². The number of nitrogens with one attached hydrogen (secondary N) is 2. The summed E-state index contributed by atoms with van der Waals surface area (Å²) in [6.45, 7) is 5.44. The van der Waals surface area contributed by atoms with E-state index in [1.807, 2.05) is 6.07 Å². The zero-order valence-corrected chi connectivity index (χ0v) is 18.0. The topological polar surface area (TPSA) is 66.0 Å². The molecule has 0 atom stereocenters. The number of nitrogens with zero attached hydrogens (tertiary/aromatic N) is 2. The third-order valence-electron chi connectivity index (χ3n) is 5.97. The van der Waals surface area contributed by atoms with Crippen molar-refractivity contribution in [3.05, 3.63) is 29.8 Å². The lowest BCUT2D eigenvalue weighted by molar-refractivity contribution is -0.121. The van der Waals surface area contributed by atoms with Crippen LogP contribution in [0, 0.1) is 5.92 Å². The van der Waals surface area contributed by atoms with Crippen LogP contribution in [0.2, 0.25) is 0 Å². The lowest BCUT2D eigenvalue weighted by Crippen LogP contribution is -2.46. The molecule has 1 saturated carbocycles. The fourth-order valence-electron chi connectivity index (χ4n) is 4.23. The molecule has 1 aromatic carbocycles. The number of benzene rings is 1. The predicted molar refractivity (Wildman–Crippen MR) is 117 cm³/mol. The van der Waals surface area contributed by atoms with Crippen LogP contribution in [0.4, 0.5) is 0 Å². The monoisotopic (exact) mass is 400 g/mol. The molecule has 0 aromatic heterocycles. The van der Waals surface area contributed by atoms with E-state index in [-0.39, 0.29) is 5.91 Å². The van der Waals surface area contributed by atoms with Gasteiger partial charge in [-0.2, -0.15) is 0 Å². The summed E-state index contributed by atoms with van der Waals surface area (Å²) in [4.78, 5) is 18.9. The molecule has 1 heterocycles. The van der Waals surface area contributed by atoms with Crippen molar-refractivity contribution in [2.45, 2.75) is 64.5 Å². The number of carbonyl (C=O) groups excluding carboxylic acids is 1. The van der Waals surface area contributed by atoms with Crippen LogP contribution in [-0.2, 0) is 11.3 Å². The highest BCUT2D eigenvalue weighted by Crippen LogP contribution is 2.27. The van der Waals surface area contributed by atoms with Crippen molar-refractivity contribution in [1.82, 2.24) is 15.5 Å². The molecule has 6 nitrogen and oxygen atoms in total. The Morgan fingerprint density at radius 1 is 1.17 bits per heavy atom. The average molecular weight is 401 g/mol. The molecule has 1 aromatic rings. The Balaban J connectivity index is 1.60. The van der Waals surface area contributed by atoms with Crippen LogP contribution in [0.25, 0.3) is 0 Å². The second-order valence-electron chi connectivity index (χ2n) is 8.11. The molecule has 2 fully saturated rings. The van der Waals surface area contributed by atoms with Gasteiger partial charge in [-0.3, -0.25) is 4.79 Å². The van der Waals surface area contributed by atoms with Gasteiger partial charge >= 0.3 is 0 Å². The zero-order valence-electron chi connectivity index (χ0n) is 18.0. The van der Waals surface area contributed by atoms with Crippen molar-refractivity contribution in [3.8, 4) is 5.75 Å². The predicted octanol–water partition coefficient (Wildman–Crippen LogP) is 3.32. The summed E-state index contributed by atoms with van der Waals surface area (Å²) < 4.78 is 6.26. The molecule has 1 saturated heterocycles. The van der Waals surface area contributed by atoms with E-state index in [0.29, 0.717) is 25.0 Å². The minimum absolute atomic E-state index is 0.142. The molecule has 2 N–H and O–H groups in total. The van der Waals surface area contributed by atoms with Gasteiger partial charge < -0.3 is 20.3 Å². The van der Waals surface area contributed by atoms with Gasteiger partial charge in [-0.05, 0) is 57.4 Å². The molecule has 0 spiro atoms. The number of carbonyl (C=O) groups is 1. The number of amides is 1. The molecule has 3 rings (SSSR count). The second kappa shape index (κ2) is 11.1. The first-order valence-corrected chi connectivity index (χ1v) is 11.2. The first-order valence-electron chi connectivity index (χ1n) is 11.2. The van der Waals surface area contributed by atoms with Crippen molar-refractivity contribution >= 4 is 11.9 Å². The van der Waals surface area contributed by atoms with E-state index in [1.165, 1.54) is 12.8 Å². The van der Waals surface area contributed by atoms with Gasteiger partial charge in [-0.25, -0.2) is 4.99 Å². The fourth-order valence-corrected chi connectivity index (χ4v) is 4.23. The van der Waals surface area contributed by atoms with E-state index in [4.69, 9.17) is 9.73 Å². The van der Waals surface area contributed by atoms with Crippen molar-refractivity contribution in [2.24, 2.45) is 10.9 Å². The van der Waals surface area contributed by atoms with Crippen LogP contribution in [-0.4, -0.2) is 49.6 Å². The maximum Gasteiger partial charge on any atom is 0.220 e. The van der Waals surface area contributed by atoms with Gasteiger partial charge in [-0.15, -0.1) is 0 Å². The summed E-state index contributed by atoms with van der Waals surface area (Å²) >= 11 is 0. The van der Waals surface area contributed by atoms with E-state index in [0.717, 1.165) is 62.6 Å². The van der Waals surface area contributed by atoms with E-state index < -0.39 is 0 Å². The van der Waals surface area contributed by atoms with Gasteiger partial charge in [0.15, 0.2) is 5.96 Å². The summed E-state index contributed by atoms with van der Waals surface area (Å²) in [7, 11) is 1.71. The van der Waals surface area contributed by atoms with Crippen molar-refractivity contribution < 1.29 is 9.53 Å². The molecule has 0 radical (unpaired) electrons. The minimum Gasteiger partial charge on any atom is -0.490 e. The second-order valence-corrected chi connectivity index (χ2v) is 8.11. The van der Waals surface area contributed by atoms with Gasteiger partial charge in [0, 0.05) is 38.7 Å². The normalized spacial score (nSPS) is 18.7. The molecule has 1 aliphatic heterocycles. The Morgan fingerprint density at radius 2 is 1.90 bits per heavy atom. The highest BCUT2D eigenvalue weighted by atomic mass is 16.5. The standard InChI is InChI=1S/C23H36N4O2/c1-3-25-23(27-14-12-18(13-15-27)16-22(28)24-2)26-17-19-8-4-7-11-21(19)29-20-9-5-6-10-20/h4,7-8,11,18,20H,3,5-6,9-10,12-17H2,1-2H3,(H,24,28)(H,25,26). The largest absolute Gasteiger partial charge is 0.490 e. The van der Waals surface area contributed by atoms with Gasteiger partial charge in [-0.1, -0.05) is 18.2 Å². The lowest BCUT2D eigenvalue weighted by atomic mass is 9.93. The van der Waals surface area contributed by atoms with Crippen LogP contribution >= 0.6 is 0 Å². The average Bonchev–Trinajstić information content (AvgIpc) is 3.26. The van der Waals surface area contributed by atoms with Crippen molar-refractivity contribution in [2.75, 3.05) is 26.7 Å². The summed E-state index contributed by atoms with van der Waals surface area (Å²) in [5.41, 5.74) is 1.14. The smallest absolute Gasteiger partial charge is 0.220 e. The number of para-hydroxylation sites is 1. The molecule has 160 valence electrons. The molecule has 0 bridgehead atoms. The van der Waals surface area contributed by atoms with Crippen LogP contribution in [0.15, 0.2) is 29.3 Å². The molecule has 1 aliphatic carbocycles. The highest BCUT2D eigenvalue weighted by molar-refractivity contribution is 5.80. The first-order chi connectivity index (χ1) is 14.2. The molecular formula is C23H36N4O2. The number of ether oxygens (including phenoxy) is 1. The maximum atomic E-state index is 11.6. The molecule has 2 aliphatic rings. The Bertz CT molecular complexity index is 677. The number of hydrogen-bond donors (Lipinski definition) is 2. The minimum atomic E-state index is 0.142. The van der Waals surface area contributed by atoms with Crippen molar-refractivity contribution in [1.29, 1.82) is 0 Å². The summed E-state index contributed by atoms with van der Waals surface area (Å²) in [5.74, 6) is 2.54. The Morgan fingerprint density at radius 3 is 2.59 bits per heavy atom. The number of piperidine rings is 1. The third-order valence-corrected chi connectivity index (χ3v) is 5.97.